The molecule has 0 aliphatic heterocycles. The summed E-state index contributed by atoms with van der Waals surface area (Å²) in [6.07, 6.45) is 1.47. The van der Waals surface area contributed by atoms with Gasteiger partial charge in [0.25, 0.3) is 0 Å². The van der Waals surface area contributed by atoms with Crippen LogP contribution in [0.3, 0.4) is 0 Å². The fraction of sp³-hybridized carbons (Fsp3) is 0.231. The molecule has 37 heavy (non-hydrogen) atoms. The number of aromatic nitrogens is 5. The molecule has 10 nitrogen and oxygen atoms in total. The van der Waals surface area contributed by atoms with Crippen LogP contribution in [-0.2, 0) is 6.54 Å². The Morgan fingerprint density at radius 2 is 2.00 bits per heavy atom. The van der Waals surface area contributed by atoms with Gasteiger partial charge in [0.2, 0.25) is 0 Å². The Kier molecular flexibility index (Phi) is 6.59. The SMILES string of the molecule is CCOc1cc(-c2cc(NCCn3c(C)cc4c(OC)ccc(F)c43)ncn2)ccc1-c1noc(=O)[nH]1. The molecule has 0 radical (unpaired) electrons. The number of nitrogens with zero attached hydrogens (tertiary/aromatic N) is 4. The number of aryl methyl sites for hydroxylation is 1. The molecule has 0 atom stereocenters. The number of anilines is 1. The third kappa shape index (κ3) is 4.75. The molecule has 0 aliphatic carbocycles. The molecule has 5 rings (SSSR count). The summed E-state index contributed by atoms with van der Waals surface area (Å²) in [6, 6.07) is 12.3. The molecule has 11 heteroatoms. The first-order chi connectivity index (χ1) is 18.0. The molecule has 190 valence electrons. The number of methoxy groups -OCH3 is 1. The van der Waals surface area contributed by atoms with Gasteiger partial charge in [-0.3, -0.25) is 9.51 Å². The first kappa shape index (κ1) is 24.0. The molecule has 0 aliphatic rings. The number of rotatable bonds is 9. The molecule has 0 fully saturated rings. The van der Waals surface area contributed by atoms with Crippen LogP contribution in [0, 0.1) is 12.7 Å². The number of halogens is 1. The van der Waals surface area contributed by atoms with E-state index in [0.717, 1.165) is 16.6 Å². The minimum atomic E-state index is -0.641. The van der Waals surface area contributed by atoms with Crippen LogP contribution in [0.2, 0.25) is 0 Å². The van der Waals surface area contributed by atoms with Crippen LogP contribution < -0.4 is 20.5 Å². The fourth-order valence-corrected chi connectivity index (χ4v) is 4.31. The average Bonchev–Trinajstić information content (AvgIpc) is 3.48. The third-order valence-corrected chi connectivity index (χ3v) is 5.98. The van der Waals surface area contributed by atoms with E-state index in [1.165, 1.54) is 12.4 Å². The lowest BCUT2D eigenvalue weighted by atomic mass is 10.1. The second-order valence-electron chi connectivity index (χ2n) is 8.25. The highest BCUT2D eigenvalue weighted by Gasteiger charge is 2.15. The Labute approximate surface area is 211 Å². The number of hydrogen-bond acceptors (Lipinski definition) is 8. The second-order valence-corrected chi connectivity index (χ2v) is 8.25. The summed E-state index contributed by atoms with van der Waals surface area (Å²) in [5, 5.41) is 7.79. The highest BCUT2D eigenvalue weighted by Crippen LogP contribution is 2.33. The zero-order valence-corrected chi connectivity index (χ0v) is 20.5. The number of fused-ring (bicyclic) bond motifs is 1. The zero-order valence-electron chi connectivity index (χ0n) is 20.5. The topological polar surface area (TPSA) is 120 Å². The monoisotopic (exact) mass is 504 g/mol. The minimum Gasteiger partial charge on any atom is -0.496 e. The van der Waals surface area contributed by atoms with Crippen LogP contribution in [-0.4, -0.2) is 44.9 Å². The summed E-state index contributed by atoms with van der Waals surface area (Å²) in [6.45, 7) is 5.27. The molecule has 0 saturated heterocycles. The van der Waals surface area contributed by atoms with Gasteiger partial charge in [-0.25, -0.2) is 19.2 Å². The summed E-state index contributed by atoms with van der Waals surface area (Å²) in [5.41, 5.74) is 3.52. The van der Waals surface area contributed by atoms with E-state index in [0.29, 0.717) is 53.8 Å². The maximum Gasteiger partial charge on any atom is 0.439 e. The number of benzene rings is 2. The average molecular weight is 505 g/mol. The van der Waals surface area contributed by atoms with Gasteiger partial charge in [0.15, 0.2) is 5.82 Å². The zero-order chi connectivity index (χ0) is 25.9. The van der Waals surface area contributed by atoms with Crippen molar-refractivity contribution in [2.45, 2.75) is 20.4 Å². The Balaban J connectivity index is 1.36. The van der Waals surface area contributed by atoms with E-state index >= 15 is 0 Å². The van der Waals surface area contributed by atoms with E-state index in [-0.39, 0.29) is 11.6 Å². The Bertz CT molecular complexity index is 1620. The maximum absolute atomic E-state index is 14.6. The molecular weight excluding hydrogens is 479 g/mol. The van der Waals surface area contributed by atoms with Gasteiger partial charge in [-0.15, -0.1) is 0 Å². The smallest absolute Gasteiger partial charge is 0.439 e. The van der Waals surface area contributed by atoms with E-state index in [4.69, 9.17) is 9.47 Å². The maximum atomic E-state index is 14.6. The molecule has 5 aromatic rings. The molecular formula is C26H25FN6O4. The van der Waals surface area contributed by atoms with Crippen LogP contribution in [0.15, 0.2) is 58.1 Å². The summed E-state index contributed by atoms with van der Waals surface area (Å²) in [5.74, 6) is 1.14. The number of ether oxygens (including phenoxy) is 2. The normalized spacial score (nSPS) is 11.1. The molecule has 2 N–H and O–H groups in total. The van der Waals surface area contributed by atoms with E-state index in [1.54, 1.807) is 19.2 Å². The van der Waals surface area contributed by atoms with Crippen LogP contribution in [0.4, 0.5) is 10.2 Å². The van der Waals surface area contributed by atoms with Crippen molar-refractivity contribution in [1.29, 1.82) is 0 Å². The van der Waals surface area contributed by atoms with Gasteiger partial charge in [0.1, 0.15) is 29.5 Å². The molecule has 0 bridgehead atoms. The first-order valence-corrected chi connectivity index (χ1v) is 11.7. The lowest BCUT2D eigenvalue weighted by molar-refractivity contribution is 0.341. The number of aromatic amines is 1. The summed E-state index contributed by atoms with van der Waals surface area (Å²) < 4.78 is 32.3. The number of nitrogens with one attached hydrogen (secondary N) is 2. The van der Waals surface area contributed by atoms with E-state index in [1.807, 2.05) is 42.7 Å². The van der Waals surface area contributed by atoms with Crippen molar-refractivity contribution < 1.29 is 18.4 Å². The molecule has 0 spiro atoms. The van der Waals surface area contributed by atoms with Crippen molar-refractivity contribution in [3.8, 4) is 34.1 Å². The van der Waals surface area contributed by atoms with E-state index < -0.39 is 5.76 Å². The number of hydrogen-bond donors (Lipinski definition) is 2. The molecule has 0 saturated carbocycles. The van der Waals surface area contributed by atoms with Crippen molar-refractivity contribution in [2.75, 3.05) is 25.6 Å². The highest BCUT2D eigenvalue weighted by molar-refractivity contribution is 5.88. The molecule has 0 amide bonds. The third-order valence-electron chi connectivity index (χ3n) is 5.98. The quantitative estimate of drug-likeness (QED) is 0.303. The van der Waals surface area contributed by atoms with Gasteiger partial charge < -0.3 is 19.4 Å². The lowest BCUT2D eigenvalue weighted by Crippen LogP contribution is -2.13. The van der Waals surface area contributed by atoms with Crippen molar-refractivity contribution >= 4 is 16.7 Å². The van der Waals surface area contributed by atoms with Crippen LogP contribution in [0.1, 0.15) is 12.6 Å². The summed E-state index contributed by atoms with van der Waals surface area (Å²) in [7, 11) is 1.58. The van der Waals surface area contributed by atoms with E-state index in [2.05, 4.69) is 29.9 Å². The highest BCUT2D eigenvalue weighted by atomic mass is 19.1. The summed E-state index contributed by atoms with van der Waals surface area (Å²) >= 11 is 0. The van der Waals surface area contributed by atoms with Crippen molar-refractivity contribution in [3.05, 3.63) is 70.9 Å². The Hall–Kier alpha value is -4.67. The lowest BCUT2D eigenvalue weighted by Gasteiger charge is -2.12. The fourth-order valence-electron chi connectivity index (χ4n) is 4.31. The largest absolute Gasteiger partial charge is 0.496 e. The molecule has 3 aromatic heterocycles. The van der Waals surface area contributed by atoms with Gasteiger partial charge >= 0.3 is 5.76 Å². The van der Waals surface area contributed by atoms with Crippen molar-refractivity contribution in [1.82, 2.24) is 24.7 Å². The predicted octanol–water partition coefficient (Wildman–Crippen LogP) is 4.41. The van der Waals surface area contributed by atoms with Crippen molar-refractivity contribution in [3.63, 3.8) is 0 Å². The van der Waals surface area contributed by atoms with E-state index in [9.17, 15) is 9.18 Å². The van der Waals surface area contributed by atoms with Gasteiger partial charge in [0.05, 0.1) is 30.5 Å². The summed E-state index contributed by atoms with van der Waals surface area (Å²) in [4.78, 5) is 22.6. The predicted molar refractivity (Wildman–Crippen MR) is 136 cm³/mol. The van der Waals surface area contributed by atoms with Crippen LogP contribution in [0.25, 0.3) is 33.5 Å². The molecule has 0 unspecified atom stereocenters. The van der Waals surface area contributed by atoms with Crippen LogP contribution in [0.5, 0.6) is 11.5 Å². The van der Waals surface area contributed by atoms with Crippen LogP contribution >= 0.6 is 0 Å². The standard InChI is InChI=1S/C26H25FN6O4/c1-4-36-22-12-16(5-6-17(22)25-31-26(34)37-32-25)20-13-23(30-14-29-20)28-9-10-33-15(2)11-18-21(35-3)8-7-19(27)24(18)33/h5-8,11-14H,4,9-10H2,1-3H3,(H,28,29,30)(H,31,32,34). The Morgan fingerprint density at radius 3 is 2.76 bits per heavy atom. The van der Waals surface area contributed by atoms with Crippen molar-refractivity contribution in [2.24, 2.45) is 0 Å². The second kappa shape index (κ2) is 10.1. The molecule has 3 heterocycles. The molecule has 2 aromatic carbocycles. The van der Waals surface area contributed by atoms with Gasteiger partial charge in [-0.2, -0.15) is 0 Å². The first-order valence-electron chi connectivity index (χ1n) is 11.7. The van der Waals surface area contributed by atoms with Gasteiger partial charge in [0, 0.05) is 35.8 Å². The van der Waals surface area contributed by atoms with Gasteiger partial charge in [-0.05, 0) is 44.2 Å². The minimum absolute atomic E-state index is 0.284. The number of H-pyrrole nitrogens is 1. The van der Waals surface area contributed by atoms with Gasteiger partial charge in [-0.1, -0.05) is 11.2 Å². The Morgan fingerprint density at radius 1 is 1.14 bits per heavy atom.